The Kier molecular flexibility index (Phi) is 2.31. The molecule has 0 saturated heterocycles. The van der Waals surface area contributed by atoms with Gasteiger partial charge >= 0.3 is 0 Å². The van der Waals surface area contributed by atoms with Gasteiger partial charge < -0.3 is 4.57 Å². The molecule has 0 unspecified atom stereocenters. The zero-order valence-corrected chi connectivity index (χ0v) is 9.19. The molecule has 2 aromatic rings. The molecule has 78 valence electrons. The summed E-state index contributed by atoms with van der Waals surface area (Å²) in [6.45, 7) is 4.26. The molecule has 2 rings (SSSR count). The maximum absolute atomic E-state index is 10.8. The molecule has 0 aliphatic rings. The summed E-state index contributed by atoms with van der Waals surface area (Å²) < 4.78 is 1.88. The zero-order valence-electron chi connectivity index (χ0n) is 9.19. The summed E-state index contributed by atoms with van der Waals surface area (Å²) in [6, 6.07) is 3.91. The number of hydrogen-bond acceptors (Lipinski definition) is 2. The Morgan fingerprint density at radius 2 is 2.13 bits per heavy atom. The molecule has 15 heavy (non-hydrogen) atoms. The number of pyridine rings is 1. The number of aldehydes is 1. The van der Waals surface area contributed by atoms with Gasteiger partial charge in [-0.15, -0.1) is 0 Å². The van der Waals surface area contributed by atoms with Gasteiger partial charge in [0.1, 0.15) is 0 Å². The van der Waals surface area contributed by atoms with E-state index < -0.39 is 0 Å². The van der Waals surface area contributed by atoms with E-state index in [0.717, 1.165) is 17.3 Å². The summed E-state index contributed by atoms with van der Waals surface area (Å²) in [6.07, 6.45) is 2.73. The lowest BCUT2D eigenvalue weighted by molar-refractivity contribution is 0.111. The molecule has 0 saturated carbocycles. The van der Waals surface area contributed by atoms with Crippen molar-refractivity contribution in [3.05, 3.63) is 29.6 Å². The number of fused-ring (bicyclic) bond motifs is 1. The SMILES string of the molecule is CC(C)c1cnc2cc(C=O)n(C)c2c1. The molecule has 2 aromatic heterocycles. The Hall–Kier alpha value is -1.64. The zero-order chi connectivity index (χ0) is 11.0. The second-order valence-corrected chi connectivity index (χ2v) is 4.07. The highest BCUT2D eigenvalue weighted by Gasteiger charge is 2.08. The summed E-state index contributed by atoms with van der Waals surface area (Å²) in [5, 5.41) is 0. The Morgan fingerprint density at radius 1 is 1.40 bits per heavy atom. The van der Waals surface area contributed by atoms with Crippen molar-refractivity contribution in [2.75, 3.05) is 0 Å². The Balaban J connectivity index is 2.70. The predicted octanol–water partition coefficient (Wildman–Crippen LogP) is 2.51. The minimum absolute atomic E-state index is 0.455. The first-order valence-corrected chi connectivity index (χ1v) is 5.04. The lowest BCUT2D eigenvalue weighted by Crippen LogP contribution is -1.95. The van der Waals surface area contributed by atoms with Crippen LogP contribution in [0.1, 0.15) is 35.8 Å². The van der Waals surface area contributed by atoms with Crippen molar-refractivity contribution in [3.63, 3.8) is 0 Å². The molecule has 3 nitrogen and oxygen atoms in total. The van der Waals surface area contributed by atoms with Gasteiger partial charge in [-0.1, -0.05) is 13.8 Å². The summed E-state index contributed by atoms with van der Waals surface area (Å²) >= 11 is 0. The molecular formula is C12H14N2O. The Labute approximate surface area is 88.7 Å². The largest absolute Gasteiger partial charge is 0.340 e. The lowest BCUT2D eigenvalue weighted by Gasteiger charge is -2.05. The smallest absolute Gasteiger partial charge is 0.166 e. The van der Waals surface area contributed by atoms with E-state index in [4.69, 9.17) is 0 Å². The van der Waals surface area contributed by atoms with Gasteiger partial charge in [-0.25, -0.2) is 0 Å². The lowest BCUT2D eigenvalue weighted by atomic mass is 10.1. The maximum atomic E-state index is 10.8. The van der Waals surface area contributed by atoms with Crippen molar-refractivity contribution >= 4 is 17.3 Å². The molecule has 0 bridgehead atoms. The van der Waals surface area contributed by atoms with Crippen LogP contribution in [0.5, 0.6) is 0 Å². The van der Waals surface area contributed by atoms with Gasteiger partial charge in [-0.2, -0.15) is 0 Å². The fourth-order valence-corrected chi connectivity index (χ4v) is 1.66. The van der Waals surface area contributed by atoms with Crippen molar-refractivity contribution in [2.45, 2.75) is 19.8 Å². The summed E-state index contributed by atoms with van der Waals surface area (Å²) in [5.74, 6) is 0.455. The van der Waals surface area contributed by atoms with Crippen LogP contribution in [-0.4, -0.2) is 15.8 Å². The molecular weight excluding hydrogens is 188 g/mol. The topological polar surface area (TPSA) is 34.9 Å². The van der Waals surface area contributed by atoms with Crippen LogP contribution in [0.3, 0.4) is 0 Å². The number of rotatable bonds is 2. The Morgan fingerprint density at radius 3 is 2.73 bits per heavy atom. The molecule has 0 atom stereocenters. The minimum atomic E-state index is 0.455. The monoisotopic (exact) mass is 202 g/mol. The van der Waals surface area contributed by atoms with E-state index in [-0.39, 0.29) is 0 Å². The summed E-state index contributed by atoms with van der Waals surface area (Å²) in [5.41, 5.74) is 3.76. The Bertz CT molecular complexity index is 512. The number of nitrogens with zero attached hydrogens (tertiary/aromatic N) is 2. The molecule has 0 aromatic carbocycles. The molecule has 0 N–H and O–H groups in total. The third-order valence-electron chi connectivity index (χ3n) is 2.74. The van der Waals surface area contributed by atoms with E-state index in [1.165, 1.54) is 5.56 Å². The van der Waals surface area contributed by atoms with Crippen molar-refractivity contribution in [1.29, 1.82) is 0 Å². The molecule has 0 aliphatic carbocycles. The fraction of sp³-hybridized carbons (Fsp3) is 0.333. The van der Waals surface area contributed by atoms with E-state index in [1.807, 2.05) is 23.9 Å². The molecule has 0 fully saturated rings. The van der Waals surface area contributed by atoms with E-state index >= 15 is 0 Å². The molecule has 3 heteroatoms. The van der Waals surface area contributed by atoms with Crippen molar-refractivity contribution in [1.82, 2.24) is 9.55 Å². The van der Waals surface area contributed by atoms with Crippen LogP contribution in [0.25, 0.3) is 11.0 Å². The molecule has 0 radical (unpaired) electrons. The first-order chi connectivity index (χ1) is 7.13. The van der Waals surface area contributed by atoms with Crippen molar-refractivity contribution < 1.29 is 4.79 Å². The van der Waals surface area contributed by atoms with Crippen LogP contribution >= 0.6 is 0 Å². The van der Waals surface area contributed by atoms with Crippen molar-refractivity contribution in [2.24, 2.45) is 7.05 Å². The van der Waals surface area contributed by atoms with Gasteiger partial charge in [-0.3, -0.25) is 9.78 Å². The van der Waals surface area contributed by atoms with Crippen molar-refractivity contribution in [3.8, 4) is 0 Å². The predicted molar refractivity (Wildman–Crippen MR) is 60.2 cm³/mol. The van der Waals surface area contributed by atoms with Crippen LogP contribution in [0.15, 0.2) is 18.3 Å². The molecule has 2 heterocycles. The first-order valence-electron chi connectivity index (χ1n) is 5.04. The highest BCUT2D eigenvalue weighted by molar-refractivity contribution is 5.86. The normalized spacial score (nSPS) is 11.2. The maximum Gasteiger partial charge on any atom is 0.166 e. The van der Waals surface area contributed by atoms with Gasteiger partial charge in [0.2, 0.25) is 0 Å². The molecule has 0 amide bonds. The third-order valence-corrected chi connectivity index (χ3v) is 2.74. The van der Waals surface area contributed by atoms with E-state index in [0.29, 0.717) is 11.6 Å². The average molecular weight is 202 g/mol. The van der Waals surface area contributed by atoms with Gasteiger partial charge in [0.05, 0.1) is 16.7 Å². The second kappa shape index (κ2) is 3.50. The summed E-state index contributed by atoms with van der Waals surface area (Å²) in [4.78, 5) is 15.1. The molecule has 0 spiro atoms. The number of aromatic nitrogens is 2. The van der Waals surface area contributed by atoms with Gasteiger partial charge in [0, 0.05) is 13.2 Å². The van der Waals surface area contributed by atoms with E-state index in [1.54, 1.807) is 0 Å². The van der Waals surface area contributed by atoms with Crippen LogP contribution in [0.2, 0.25) is 0 Å². The van der Waals surface area contributed by atoms with Gasteiger partial charge in [0.15, 0.2) is 6.29 Å². The van der Waals surface area contributed by atoms with Crippen LogP contribution in [0, 0.1) is 0 Å². The number of aryl methyl sites for hydroxylation is 1. The number of hydrogen-bond donors (Lipinski definition) is 0. The highest BCUT2D eigenvalue weighted by Crippen LogP contribution is 2.21. The van der Waals surface area contributed by atoms with Gasteiger partial charge in [-0.05, 0) is 23.6 Å². The second-order valence-electron chi connectivity index (χ2n) is 4.07. The van der Waals surface area contributed by atoms with Gasteiger partial charge in [0.25, 0.3) is 0 Å². The number of carbonyl (C=O) groups excluding carboxylic acids is 1. The van der Waals surface area contributed by atoms with E-state index in [9.17, 15) is 4.79 Å². The molecule has 0 aliphatic heterocycles. The average Bonchev–Trinajstić information content (AvgIpc) is 2.55. The fourth-order valence-electron chi connectivity index (χ4n) is 1.66. The first kappa shape index (κ1) is 9.90. The van der Waals surface area contributed by atoms with Crippen LogP contribution in [0.4, 0.5) is 0 Å². The summed E-state index contributed by atoms with van der Waals surface area (Å²) in [7, 11) is 1.89. The van der Waals surface area contributed by atoms with Crippen LogP contribution < -0.4 is 0 Å². The van der Waals surface area contributed by atoms with E-state index in [2.05, 4.69) is 24.9 Å². The number of carbonyl (C=O) groups is 1. The minimum Gasteiger partial charge on any atom is -0.340 e. The van der Waals surface area contributed by atoms with Crippen LogP contribution in [-0.2, 0) is 7.05 Å². The quantitative estimate of drug-likeness (QED) is 0.701. The standard InChI is InChI=1S/C12H14N2O/c1-8(2)9-4-12-11(13-6-9)5-10(7-15)14(12)3/h4-8H,1-3H3. The third kappa shape index (κ3) is 1.54. The highest BCUT2D eigenvalue weighted by atomic mass is 16.1.